The van der Waals surface area contributed by atoms with Crippen LogP contribution in [0.25, 0.3) is 0 Å². The van der Waals surface area contributed by atoms with Crippen LogP contribution in [-0.4, -0.2) is 31.7 Å². The van der Waals surface area contributed by atoms with Gasteiger partial charge >= 0.3 is 0 Å². The maximum Gasteiger partial charge on any atom is 0.259 e. The maximum absolute atomic E-state index is 12.0. The van der Waals surface area contributed by atoms with Crippen LogP contribution in [0.3, 0.4) is 0 Å². The fraction of sp³-hybridized carbons (Fsp3) is 0.118. The Morgan fingerprint density at radius 3 is 2.72 bits per heavy atom. The molecule has 0 aliphatic carbocycles. The Hall–Kier alpha value is -2.57. The topological polar surface area (TPSA) is 79.8 Å². The lowest BCUT2D eigenvalue weighted by atomic mass is 10.2. The van der Waals surface area contributed by atoms with E-state index in [9.17, 15) is 9.59 Å². The SMILES string of the molecule is COc1ccccc1/C=N/NC(=O)CNC(=O)c1cc(Cl)ccc1Cl. The number of hydrazone groups is 1. The first-order chi connectivity index (χ1) is 12.0. The quantitative estimate of drug-likeness (QED) is 0.598. The average Bonchev–Trinajstić information content (AvgIpc) is 2.62. The second-order valence-electron chi connectivity index (χ2n) is 4.84. The lowest BCUT2D eigenvalue weighted by Gasteiger charge is -2.06. The predicted octanol–water partition coefficient (Wildman–Crippen LogP) is 2.88. The van der Waals surface area contributed by atoms with Crippen molar-refractivity contribution < 1.29 is 14.3 Å². The highest BCUT2D eigenvalue weighted by Gasteiger charge is 2.12. The summed E-state index contributed by atoms with van der Waals surface area (Å²) >= 11 is 11.8. The first-order valence-corrected chi connectivity index (χ1v) is 7.95. The van der Waals surface area contributed by atoms with Crippen molar-refractivity contribution in [3.05, 3.63) is 63.6 Å². The van der Waals surface area contributed by atoms with Gasteiger partial charge in [-0.2, -0.15) is 5.10 Å². The van der Waals surface area contributed by atoms with E-state index in [0.717, 1.165) is 0 Å². The number of amides is 2. The smallest absolute Gasteiger partial charge is 0.259 e. The van der Waals surface area contributed by atoms with Gasteiger partial charge in [-0.15, -0.1) is 0 Å². The summed E-state index contributed by atoms with van der Waals surface area (Å²) in [5, 5.41) is 6.90. The molecule has 0 fully saturated rings. The third kappa shape index (κ3) is 5.48. The van der Waals surface area contributed by atoms with Gasteiger partial charge in [0.05, 0.1) is 30.5 Å². The number of nitrogens with zero attached hydrogens (tertiary/aromatic N) is 1. The summed E-state index contributed by atoms with van der Waals surface area (Å²) in [6.07, 6.45) is 1.45. The zero-order chi connectivity index (χ0) is 18.2. The van der Waals surface area contributed by atoms with E-state index in [-0.39, 0.29) is 17.1 Å². The van der Waals surface area contributed by atoms with Crippen molar-refractivity contribution in [1.29, 1.82) is 0 Å². The Labute approximate surface area is 154 Å². The van der Waals surface area contributed by atoms with E-state index in [2.05, 4.69) is 15.8 Å². The third-order valence-electron chi connectivity index (χ3n) is 3.11. The molecule has 0 aliphatic rings. The van der Waals surface area contributed by atoms with Crippen molar-refractivity contribution in [2.45, 2.75) is 0 Å². The Bertz CT molecular complexity index is 809. The van der Waals surface area contributed by atoms with Gasteiger partial charge in [0, 0.05) is 10.6 Å². The normalized spacial score (nSPS) is 10.5. The van der Waals surface area contributed by atoms with E-state index < -0.39 is 11.8 Å². The fourth-order valence-electron chi connectivity index (χ4n) is 1.91. The molecule has 0 bridgehead atoms. The second kappa shape index (κ2) is 9.05. The molecule has 0 radical (unpaired) electrons. The van der Waals surface area contributed by atoms with E-state index >= 15 is 0 Å². The van der Waals surface area contributed by atoms with E-state index in [1.54, 1.807) is 25.3 Å². The number of ether oxygens (including phenoxy) is 1. The molecular weight excluding hydrogens is 365 g/mol. The molecule has 0 aliphatic heterocycles. The highest BCUT2D eigenvalue weighted by molar-refractivity contribution is 6.35. The molecular formula is C17H15Cl2N3O3. The van der Waals surface area contributed by atoms with Crippen LogP contribution in [0.5, 0.6) is 5.75 Å². The number of benzene rings is 2. The molecule has 6 nitrogen and oxygen atoms in total. The van der Waals surface area contributed by atoms with Crippen molar-refractivity contribution in [2.75, 3.05) is 13.7 Å². The van der Waals surface area contributed by atoms with Gasteiger partial charge in [-0.1, -0.05) is 35.3 Å². The van der Waals surface area contributed by atoms with Crippen LogP contribution >= 0.6 is 23.2 Å². The molecule has 0 spiro atoms. The van der Waals surface area contributed by atoms with Gasteiger partial charge < -0.3 is 10.1 Å². The molecule has 2 N–H and O–H groups in total. The summed E-state index contributed by atoms with van der Waals surface area (Å²) in [5.74, 6) is -0.363. The fourth-order valence-corrected chi connectivity index (χ4v) is 2.29. The van der Waals surface area contributed by atoms with Gasteiger partial charge in [0.15, 0.2) is 0 Å². The average molecular weight is 380 g/mol. The number of halogens is 2. The van der Waals surface area contributed by atoms with Crippen LogP contribution in [-0.2, 0) is 4.79 Å². The summed E-state index contributed by atoms with van der Waals surface area (Å²) in [6, 6.07) is 11.7. The largest absolute Gasteiger partial charge is 0.496 e. The van der Waals surface area contributed by atoms with Crippen LogP contribution in [0.2, 0.25) is 10.0 Å². The van der Waals surface area contributed by atoms with Crippen molar-refractivity contribution in [3.8, 4) is 5.75 Å². The predicted molar refractivity (Wildman–Crippen MR) is 97.5 cm³/mol. The minimum atomic E-state index is -0.503. The number of rotatable bonds is 6. The second-order valence-corrected chi connectivity index (χ2v) is 5.69. The third-order valence-corrected chi connectivity index (χ3v) is 3.68. The number of para-hydroxylation sites is 1. The van der Waals surface area contributed by atoms with Crippen LogP contribution in [0, 0.1) is 0 Å². The number of methoxy groups -OCH3 is 1. The lowest BCUT2D eigenvalue weighted by molar-refractivity contribution is -0.120. The molecule has 0 saturated carbocycles. The zero-order valence-electron chi connectivity index (χ0n) is 13.3. The van der Waals surface area contributed by atoms with Crippen LogP contribution in [0.15, 0.2) is 47.6 Å². The molecule has 0 atom stereocenters. The van der Waals surface area contributed by atoms with Crippen molar-refractivity contribution in [2.24, 2.45) is 5.10 Å². The van der Waals surface area contributed by atoms with Gasteiger partial charge in [-0.05, 0) is 30.3 Å². The summed E-state index contributed by atoms with van der Waals surface area (Å²) in [5.41, 5.74) is 3.22. The highest BCUT2D eigenvalue weighted by Crippen LogP contribution is 2.20. The molecule has 8 heteroatoms. The van der Waals surface area contributed by atoms with Gasteiger partial charge in [0.25, 0.3) is 11.8 Å². The highest BCUT2D eigenvalue weighted by atomic mass is 35.5. The molecule has 130 valence electrons. The lowest BCUT2D eigenvalue weighted by Crippen LogP contribution is -2.35. The summed E-state index contributed by atoms with van der Waals surface area (Å²) in [4.78, 5) is 23.8. The molecule has 0 saturated heterocycles. The zero-order valence-corrected chi connectivity index (χ0v) is 14.8. The van der Waals surface area contributed by atoms with Crippen molar-refractivity contribution in [1.82, 2.24) is 10.7 Å². The Morgan fingerprint density at radius 1 is 1.20 bits per heavy atom. The van der Waals surface area contributed by atoms with Crippen molar-refractivity contribution in [3.63, 3.8) is 0 Å². The molecule has 2 aromatic carbocycles. The molecule has 0 heterocycles. The number of carbonyl (C=O) groups is 2. The minimum Gasteiger partial charge on any atom is -0.496 e. The Kier molecular flexibility index (Phi) is 6.80. The number of nitrogens with one attached hydrogen (secondary N) is 2. The molecule has 2 amide bonds. The standard InChI is InChI=1S/C17H15Cl2N3O3/c1-25-15-5-3-2-4-11(15)9-21-22-16(23)10-20-17(24)13-8-12(18)6-7-14(13)19/h2-9H,10H2,1H3,(H,20,24)(H,22,23)/b21-9+. The first kappa shape index (κ1) is 18.8. The molecule has 0 unspecified atom stereocenters. The Morgan fingerprint density at radius 2 is 1.96 bits per heavy atom. The summed E-state index contributed by atoms with van der Waals surface area (Å²) in [7, 11) is 1.54. The van der Waals surface area contributed by atoms with Crippen molar-refractivity contribution >= 4 is 41.2 Å². The number of hydrogen-bond donors (Lipinski definition) is 2. The van der Waals surface area contributed by atoms with Crippen LogP contribution in [0.4, 0.5) is 0 Å². The molecule has 2 rings (SSSR count). The van der Waals surface area contributed by atoms with E-state index in [1.165, 1.54) is 18.3 Å². The molecule has 2 aromatic rings. The van der Waals surface area contributed by atoms with E-state index in [0.29, 0.717) is 16.3 Å². The minimum absolute atomic E-state index is 0.194. The molecule has 25 heavy (non-hydrogen) atoms. The molecule has 0 aromatic heterocycles. The summed E-state index contributed by atoms with van der Waals surface area (Å²) < 4.78 is 5.17. The van der Waals surface area contributed by atoms with E-state index in [4.69, 9.17) is 27.9 Å². The van der Waals surface area contributed by atoms with Gasteiger partial charge in [0.1, 0.15) is 5.75 Å². The van der Waals surface area contributed by atoms with E-state index in [1.807, 2.05) is 12.1 Å². The first-order valence-electron chi connectivity index (χ1n) is 7.19. The number of carbonyl (C=O) groups excluding carboxylic acids is 2. The Balaban J connectivity index is 1.87. The van der Waals surface area contributed by atoms with Gasteiger partial charge in [-0.3, -0.25) is 9.59 Å². The van der Waals surface area contributed by atoms with Gasteiger partial charge in [-0.25, -0.2) is 5.43 Å². The van der Waals surface area contributed by atoms with Crippen LogP contribution in [0.1, 0.15) is 15.9 Å². The maximum atomic E-state index is 12.0. The monoisotopic (exact) mass is 379 g/mol. The van der Waals surface area contributed by atoms with Gasteiger partial charge in [0.2, 0.25) is 0 Å². The summed E-state index contributed by atoms with van der Waals surface area (Å²) in [6.45, 7) is -0.259. The van der Waals surface area contributed by atoms with Crippen LogP contribution < -0.4 is 15.5 Å². The number of hydrogen-bond acceptors (Lipinski definition) is 4.